The van der Waals surface area contributed by atoms with Crippen molar-refractivity contribution in [1.82, 2.24) is 0 Å². The number of nitro groups is 1. The van der Waals surface area contributed by atoms with E-state index in [1.807, 2.05) is 30.3 Å². The van der Waals surface area contributed by atoms with E-state index in [0.717, 1.165) is 17.7 Å². The maximum atomic E-state index is 10.9. The van der Waals surface area contributed by atoms with Gasteiger partial charge in [-0.1, -0.05) is 23.7 Å². The van der Waals surface area contributed by atoms with Crippen molar-refractivity contribution in [3.8, 4) is 0 Å². The smallest absolute Gasteiger partial charge is 0.273 e. The summed E-state index contributed by atoms with van der Waals surface area (Å²) in [5.74, 6) is 0. The van der Waals surface area contributed by atoms with E-state index in [4.69, 9.17) is 11.6 Å². The van der Waals surface area contributed by atoms with Crippen molar-refractivity contribution in [3.63, 3.8) is 0 Å². The van der Waals surface area contributed by atoms with Gasteiger partial charge in [-0.2, -0.15) is 0 Å². The first-order valence-corrected chi connectivity index (χ1v) is 6.92. The number of non-ortho nitro benzene ring substituents is 1. The number of nitrogens with one attached hydrogen (secondary N) is 2. The molecule has 0 aliphatic rings. The van der Waals surface area contributed by atoms with E-state index in [2.05, 4.69) is 10.6 Å². The van der Waals surface area contributed by atoms with Gasteiger partial charge in [0, 0.05) is 42.1 Å². The van der Waals surface area contributed by atoms with Gasteiger partial charge < -0.3 is 10.6 Å². The second-order valence-electron chi connectivity index (χ2n) is 4.58. The number of hydrogen-bond donors (Lipinski definition) is 2. The van der Waals surface area contributed by atoms with Crippen LogP contribution in [0, 0.1) is 10.1 Å². The first-order valence-electron chi connectivity index (χ1n) is 6.54. The molecule has 0 atom stereocenters. The summed E-state index contributed by atoms with van der Waals surface area (Å²) in [4.78, 5) is 10.5. The third-order valence-corrected chi connectivity index (χ3v) is 3.33. The maximum absolute atomic E-state index is 10.9. The van der Waals surface area contributed by atoms with Gasteiger partial charge >= 0.3 is 0 Å². The van der Waals surface area contributed by atoms with Crippen LogP contribution in [-0.4, -0.2) is 18.5 Å². The van der Waals surface area contributed by atoms with Gasteiger partial charge in [0.25, 0.3) is 5.69 Å². The van der Waals surface area contributed by atoms with Gasteiger partial charge in [-0.25, -0.2) is 0 Å². The average molecular weight is 306 g/mol. The third-order valence-electron chi connectivity index (χ3n) is 3.07. The highest BCUT2D eigenvalue weighted by Gasteiger charge is 2.08. The van der Waals surface area contributed by atoms with E-state index in [1.54, 1.807) is 7.05 Å². The summed E-state index contributed by atoms with van der Waals surface area (Å²) in [6, 6.07) is 12.5. The molecule has 0 unspecified atom stereocenters. The monoisotopic (exact) mass is 305 g/mol. The highest BCUT2D eigenvalue weighted by Crippen LogP contribution is 2.24. The molecule has 5 nitrogen and oxygen atoms in total. The molecular formula is C15H16ClN3O2. The summed E-state index contributed by atoms with van der Waals surface area (Å²) in [6.45, 7) is 0.686. The Morgan fingerprint density at radius 1 is 1.14 bits per heavy atom. The minimum Gasteiger partial charge on any atom is -0.388 e. The number of halogens is 1. The minimum atomic E-state index is -0.398. The second kappa shape index (κ2) is 6.95. The Bertz CT molecular complexity index is 629. The Labute approximate surface area is 128 Å². The molecule has 0 bridgehead atoms. The molecule has 110 valence electrons. The number of nitro benzene ring substituents is 1. The fourth-order valence-corrected chi connectivity index (χ4v) is 2.09. The number of rotatable bonds is 6. The topological polar surface area (TPSA) is 67.2 Å². The molecule has 0 radical (unpaired) electrons. The molecular weight excluding hydrogens is 290 g/mol. The van der Waals surface area contributed by atoms with Crippen LogP contribution >= 0.6 is 11.6 Å². The van der Waals surface area contributed by atoms with Crippen molar-refractivity contribution in [2.45, 2.75) is 6.42 Å². The van der Waals surface area contributed by atoms with Crippen LogP contribution in [0.3, 0.4) is 0 Å². The van der Waals surface area contributed by atoms with E-state index in [-0.39, 0.29) is 5.69 Å². The number of anilines is 2. The average Bonchev–Trinajstić information content (AvgIpc) is 2.49. The van der Waals surface area contributed by atoms with Crippen LogP contribution < -0.4 is 10.6 Å². The Morgan fingerprint density at radius 3 is 2.43 bits per heavy atom. The highest BCUT2D eigenvalue weighted by molar-refractivity contribution is 6.30. The van der Waals surface area contributed by atoms with Crippen LogP contribution in [-0.2, 0) is 6.42 Å². The molecule has 0 fully saturated rings. The van der Waals surface area contributed by atoms with Crippen molar-refractivity contribution >= 4 is 28.7 Å². The predicted molar refractivity (Wildman–Crippen MR) is 86.3 cm³/mol. The SMILES string of the molecule is CNc1cc(NCCc2ccc(Cl)cc2)cc([N+](=O)[O-])c1. The summed E-state index contributed by atoms with van der Waals surface area (Å²) < 4.78 is 0. The van der Waals surface area contributed by atoms with Crippen molar-refractivity contribution in [2.24, 2.45) is 0 Å². The lowest BCUT2D eigenvalue weighted by molar-refractivity contribution is -0.384. The quantitative estimate of drug-likeness (QED) is 0.626. The van der Waals surface area contributed by atoms with Crippen molar-refractivity contribution in [1.29, 1.82) is 0 Å². The molecule has 0 aliphatic heterocycles. The zero-order valence-electron chi connectivity index (χ0n) is 11.6. The van der Waals surface area contributed by atoms with Gasteiger partial charge in [0.15, 0.2) is 0 Å². The van der Waals surface area contributed by atoms with Crippen molar-refractivity contribution in [2.75, 3.05) is 24.2 Å². The Morgan fingerprint density at radius 2 is 1.81 bits per heavy atom. The van der Waals surface area contributed by atoms with E-state index >= 15 is 0 Å². The first kappa shape index (κ1) is 15.1. The van der Waals surface area contributed by atoms with E-state index in [0.29, 0.717) is 17.3 Å². The molecule has 2 aromatic rings. The summed E-state index contributed by atoms with van der Waals surface area (Å²) in [6.07, 6.45) is 0.814. The fourth-order valence-electron chi connectivity index (χ4n) is 1.97. The summed E-state index contributed by atoms with van der Waals surface area (Å²) in [5.41, 5.74) is 2.66. The Balaban J connectivity index is 2.00. The zero-order valence-corrected chi connectivity index (χ0v) is 12.4. The number of hydrogen-bond acceptors (Lipinski definition) is 4. The molecule has 0 spiro atoms. The van der Waals surface area contributed by atoms with E-state index < -0.39 is 4.92 Å². The first-order chi connectivity index (χ1) is 10.1. The Kier molecular flexibility index (Phi) is 5.00. The normalized spacial score (nSPS) is 10.2. The molecule has 0 heterocycles. The predicted octanol–water partition coefficient (Wildman–Crippen LogP) is 3.94. The lowest BCUT2D eigenvalue weighted by Crippen LogP contribution is -2.05. The molecule has 2 N–H and O–H groups in total. The van der Waals surface area contributed by atoms with Gasteiger partial charge in [0.05, 0.1) is 4.92 Å². The summed E-state index contributed by atoms with van der Waals surface area (Å²) in [7, 11) is 1.73. The van der Waals surface area contributed by atoms with E-state index in [9.17, 15) is 10.1 Å². The molecule has 0 aliphatic carbocycles. The molecule has 21 heavy (non-hydrogen) atoms. The van der Waals surface area contributed by atoms with Crippen LogP contribution in [0.5, 0.6) is 0 Å². The van der Waals surface area contributed by atoms with Crippen molar-refractivity contribution in [3.05, 3.63) is 63.2 Å². The molecule has 2 aromatic carbocycles. The lowest BCUT2D eigenvalue weighted by atomic mass is 10.1. The molecule has 0 saturated heterocycles. The maximum Gasteiger partial charge on any atom is 0.273 e. The standard InChI is InChI=1S/C15H16ClN3O2/c1-17-13-8-14(10-15(9-13)19(20)21)18-7-6-11-2-4-12(16)5-3-11/h2-5,8-10,17-18H,6-7H2,1H3. The van der Waals surface area contributed by atoms with Crippen LogP contribution in [0.25, 0.3) is 0 Å². The molecule has 0 aromatic heterocycles. The van der Waals surface area contributed by atoms with Crippen LogP contribution in [0.4, 0.5) is 17.1 Å². The number of benzene rings is 2. The summed E-state index contributed by atoms with van der Waals surface area (Å²) >= 11 is 5.84. The molecule has 0 amide bonds. The fraction of sp³-hybridized carbons (Fsp3) is 0.200. The van der Waals surface area contributed by atoms with Gasteiger partial charge in [-0.3, -0.25) is 10.1 Å². The highest BCUT2D eigenvalue weighted by atomic mass is 35.5. The number of nitrogens with zero attached hydrogens (tertiary/aromatic N) is 1. The zero-order chi connectivity index (χ0) is 15.2. The van der Waals surface area contributed by atoms with Crippen LogP contribution in [0.2, 0.25) is 5.02 Å². The van der Waals surface area contributed by atoms with Gasteiger partial charge in [0.2, 0.25) is 0 Å². The van der Waals surface area contributed by atoms with Gasteiger partial charge in [-0.15, -0.1) is 0 Å². The van der Waals surface area contributed by atoms with Crippen molar-refractivity contribution < 1.29 is 4.92 Å². The molecule has 0 saturated carbocycles. The van der Waals surface area contributed by atoms with Crippen LogP contribution in [0.1, 0.15) is 5.56 Å². The van der Waals surface area contributed by atoms with E-state index in [1.165, 1.54) is 12.1 Å². The van der Waals surface area contributed by atoms with Crippen LogP contribution in [0.15, 0.2) is 42.5 Å². The summed E-state index contributed by atoms with van der Waals surface area (Å²) in [5, 5.41) is 17.7. The lowest BCUT2D eigenvalue weighted by Gasteiger charge is -2.09. The Hall–Kier alpha value is -2.27. The second-order valence-corrected chi connectivity index (χ2v) is 5.02. The minimum absolute atomic E-state index is 0.0656. The van der Waals surface area contributed by atoms with Gasteiger partial charge in [-0.05, 0) is 30.2 Å². The molecule has 6 heteroatoms. The molecule has 2 rings (SSSR count). The third kappa shape index (κ3) is 4.36. The van der Waals surface area contributed by atoms with Gasteiger partial charge in [0.1, 0.15) is 0 Å². The largest absolute Gasteiger partial charge is 0.388 e.